The molecule has 0 aliphatic carbocycles. The van der Waals surface area contributed by atoms with Crippen LogP contribution in [0.15, 0.2) is 18.2 Å². The zero-order chi connectivity index (χ0) is 13.7. The molecule has 0 spiro atoms. The van der Waals surface area contributed by atoms with E-state index in [9.17, 15) is 9.18 Å². The summed E-state index contributed by atoms with van der Waals surface area (Å²) in [5, 5.41) is 8.88. The van der Waals surface area contributed by atoms with Crippen LogP contribution in [0.2, 0.25) is 0 Å². The second kappa shape index (κ2) is 6.50. The Kier molecular flexibility index (Phi) is 5.28. The highest BCUT2D eigenvalue weighted by Gasteiger charge is 2.13. The molecule has 0 fully saturated rings. The van der Waals surface area contributed by atoms with Gasteiger partial charge in [0.15, 0.2) is 0 Å². The molecule has 0 atom stereocenters. The molecule has 0 amide bonds. The number of aromatic carboxylic acids is 1. The summed E-state index contributed by atoms with van der Waals surface area (Å²) in [4.78, 5) is 13.1. The monoisotopic (exact) mass is 253 g/mol. The Hall–Kier alpha value is -1.42. The molecule has 100 valence electrons. The highest BCUT2D eigenvalue weighted by Crippen LogP contribution is 2.14. The Bertz CT molecular complexity index is 418. The predicted octanol–water partition coefficient (Wildman–Crippen LogP) is 3.14. The van der Waals surface area contributed by atoms with Gasteiger partial charge in [0.1, 0.15) is 5.82 Å². The van der Waals surface area contributed by atoms with Gasteiger partial charge in [-0.15, -0.1) is 0 Å². The van der Waals surface area contributed by atoms with Crippen LogP contribution in [0.3, 0.4) is 0 Å². The van der Waals surface area contributed by atoms with Gasteiger partial charge in [0, 0.05) is 12.6 Å². The molecule has 1 N–H and O–H groups in total. The van der Waals surface area contributed by atoms with E-state index in [1.165, 1.54) is 12.1 Å². The van der Waals surface area contributed by atoms with Crippen LogP contribution in [-0.2, 0) is 6.54 Å². The minimum Gasteiger partial charge on any atom is -0.478 e. The van der Waals surface area contributed by atoms with Crippen molar-refractivity contribution in [3.8, 4) is 0 Å². The molecular formula is C14H20FNO2. The first-order valence-corrected chi connectivity index (χ1v) is 6.21. The second-order valence-corrected chi connectivity index (χ2v) is 4.68. The number of rotatable bonds is 6. The number of hydrogen-bond donors (Lipinski definition) is 1. The van der Waals surface area contributed by atoms with E-state index in [-0.39, 0.29) is 5.56 Å². The molecule has 1 rings (SSSR count). The molecule has 0 aromatic heterocycles. The van der Waals surface area contributed by atoms with Gasteiger partial charge in [0.05, 0.1) is 5.56 Å². The third-order valence-corrected chi connectivity index (χ3v) is 2.89. The Balaban J connectivity index is 2.89. The molecule has 0 aliphatic rings. The van der Waals surface area contributed by atoms with Crippen molar-refractivity contribution < 1.29 is 14.3 Å². The topological polar surface area (TPSA) is 40.5 Å². The lowest BCUT2D eigenvalue weighted by Crippen LogP contribution is -2.31. The lowest BCUT2D eigenvalue weighted by atomic mass is 10.1. The average Bonchev–Trinajstić information content (AvgIpc) is 2.30. The standard InChI is InChI=1S/C14H20FNO2/c1-4-7-16(10(2)3)9-11-5-6-13(15)12(8-11)14(17)18/h5-6,8,10H,4,7,9H2,1-3H3,(H,17,18). The van der Waals surface area contributed by atoms with E-state index in [4.69, 9.17) is 5.11 Å². The largest absolute Gasteiger partial charge is 0.478 e. The molecule has 0 saturated carbocycles. The third-order valence-electron chi connectivity index (χ3n) is 2.89. The number of carbonyl (C=O) groups is 1. The zero-order valence-corrected chi connectivity index (χ0v) is 11.1. The van der Waals surface area contributed by atoms with Crippen LogP contribution in [0.25, 0.3) is 0 Å². The minimum absolute atomic E-state index is 0.257. The summed E-state index contributed by atoms with van der Waals surface area (Å²) in [5.74, 6) is -1.90. The first-order chi connectivity index (χ1) is 8.45. The van der Waals surface area contributed by atoms with Crippen LogP contribution in [0.5, 0.6) is 0 Å². The zero-order valence-electron chi connectivity index (χ0n) is 11.1. The molecule has 4 heteroatoms. The van der Waals surface area contributed by atoms with E-state index in [1.807, 2.05) is 0 Å². The Labute approximate surface area is 107 Å². The fourth-order valence-corrected chi connectivity index (χ4v) is 1.88. The molecule has 0 aliphatic heterocycles. The van der Waals surface area contributed by atoms with Gasteiger partial charge in [-0.1, -0.05) is 13.0 Å². The Morgan fingerprint density at radius 3 is 2.61 bits per heavy atom. The van der Waals surface area contributed by atoms with Gasteiger partial charge in [-0.2, -0.15) is 0 Å². The average molecular weight is 253 g/mol. The van der Waals surface area contributed by atoms with Crippen molar-refractivity contribution in [2.45, 2.75) is 39.8 Å². The van der Waals surface area contributed by atoms with Crippen LogP contribution < -0.4 is 0 Å². The maximum atomic E-state index is 13.3. The van der Waals surface area contributed by atoms with Crippen molar-refractivity contribution in [2.75, 3.05) is 6.54 Å². The summed E-state index contributed by atoms with van der Waals surface area (Å²) >= 11 is 0. The summed E-state index contributed by atoms with van der Waals surface area (Å²) in [6, 6.07) is 4.67. The molecule has 0 saturated heterocycles. The van der Waals surface area contributed by atoms with Crippen LogP contribution >= 0.6 is 0 Å². The second-order valence-electron chi connectivity index (χ2n) is 4.68. The Morgan fingerprint density at radius 1 is 1.44 bits per heavy atom. The fourth-order valence-electron chi connectivity index (χ4n) is 1.88. The molecular weight excluding hydrogens is 233 g/mol. The molecule has 0 unspecified atom stereocenters. The summed E-state index contributed by atoms with van der Waals surface area (Å²) in [7, 11) is 0. The van der Waals surface area contributed by atoms with E-state index < -0.39 is 11.8 Å². The van der Waals surface area contributed by atoms with Gasteiger partial charge in [-0.3, -0.25) is 4.90 Å². The van der Waals surface area contributed by atoms with Gasteiger partial charge in [0.2, 0.25) is 0 Å². The van der Waals surface area contributed by atoms with Gasteiger partial charge >= 0.3 is 5.97 Å². The van der Waals surface area contributed by atoms with Crippen LogP contribution in [0.4, 0.5) is 4.39 Å². The van der Waals surface area contributed by atoms with E-state index >= 15 is 0 Å². The van der Waals surface area contributed by atoms with Crippen LogP contribution in [0.1, 0.15) is 43.1 Å². The molecule has 18 heavy (non-hydrogen) atoms. The lowest BCUT2D eigenvalue weighted by molar-refractivity contribution is 0.0691. The van der Waals surface area contributed by atoms with Gasteiger partial charge in [-0.05, 0) is 44.5 Å². The van der Waals surface area contributed by atoms with Gasteiger partial charge in [0.25, 0.3) is 0 Å². The summed E-state index contributed by atoms with van der Waals surface area (Å²) < 4.78 is 13.3. The lowest BCUT2D eigenvalue weighted by Gasteiger charge is -2.26. The predicted molar refractivity (Wildman–Crippen MR) is 69.2 cm³/mol. The van der Waals surface area contributed by atoms with E-state index in [1.54, 1.807) is 6.07 Å². The molecule has 1 aromatic carbocycles. The molecule has 0 heterocycles. The normalized spacial score (nSPS) is 11.2. The van der Waals surface area contributed by atoms with Crippen molar-refractivity contribution in [3.05, 3.63) is 35.1 Å². The summed E-state index contributed by atoms with van der Waals surface area (Å²) in [5.41, 5.74) is 0.573. The number of carboxylic acids is 1. The molecule has 0 bridgehead atoms. The SMILES string of the molecule is CCCN(Cc1ccc(F)c(C(=O)O)c1)C(C)C. The van der Waals surface area contributed by atoms with E-state index in [2.05, 4.69) is 25.7 Å². The molecule has 0 radical (unpaired) electrons. The van der Waals surface area contributed by atoms with Crippen molar-refractivity contribution in [1.29, 1.82) is 0 Å². The fraction of sp³-hybridized carbons (Fsp3) is 0.500. The van der Waals surface area contributed by atoms with E-state index in [0.717, 1.165) is 18.5 Å². The van der Waals surface area contributed by atoms with E-state index in [0.29, 0.717) is 12.6 Å². The van der Waals surface area contributed by atoms with Crippen molar-refractivity contribution in [2.24, 2.45) is 0 Å². The highest BCUT2D eigenvalue weighted by atomic mass is 19.1. The molecule has 1 aromatic rings. The summed E-state index contributed by atoms with van der Waals surface area (Å²) in [6.07, 6.45) is 1.03. The highest BCUT2D eigenvalue weighted by molar-refractivity contribution is 5.88. The van der Waals surface area contributed by atoms with Crippen molar-refractivity contribution >= 4 is 5.97 Å². The quantitative estimate of drug-likeness (QED) is 0.846. The number of halogens is 1. The number of carboxylic acid groups (broad SMARTS) is 1. The Morgan fingerprint density at radius 2 is 2.11 bits per heavy atom. The van der Waals surface area contributed by atoms with Crippen molar-refractivity contribution in [1.82, 2.24) is 4.90 Å². The van der Waals surface area contributed by atoms with Crippen LogP contribution in [0, 0.1) is 5.82 Å². The van der Waals surface area contributed by atoms with Gasteiger partial charge < -0.3 is 5.11 Å². The third kappa shape index (κ3) is 3.81. The number of benzene rings is 1. The summed E-state index contributed by atoms with van der Waals surface area (Å²) in [6.45, 7) is 7.88. The first-order valence-electron chi connectivity index (χ1n) is 6.21. The van der Waals surface area contributed by atoms with Crippen molar-refractivity contribution in [3.63, 3.8) is 0 Å². The maximum Gasteiger partial charge on any atom is 0.338 e. The number of hydrogen-bond acceptors (Lipinski definition) is 2. The van der Waals surface area contributed by atoms with Crippen LogP contribution in [-0.4, -0.2) is 28.6 Å². The smallest absolute Gasteiger partial charge is 0.338 e. The first kappa shape index (κ1) is 14.6. The van der Waals surface area contributed by atoms with Gasteiger partial charge in [-0.25, -0.2) is 9.18 Å². The minimum atomic E-state index is -1.22. The molecule has 3 nitrogen and oxygen atoms in total. The maximum absolute atomic E-state index is 13.3. The number of nitrogens with zero attached hydrogens (tertiary/aromatic N) is 1.